The molecule has 7 heteroatoms. The number of likely N-dealkylation sites (N-methyl/N-ethyl adjacent to an activating group) is 1. The first-order chi connectivity index (χ1) is 15.9. The summed E-state index contributed by atoms with van der Waals surface area (Å²) in [6, 6.07) is 24.6. The molecule has 0 radical (unpaired) electrons. The van der Waals surface area contributed by atoms with Gasteiger partial charge in [-0.05, 0) is 36.2 Å². The molecule has 4 aromatic rings. The molecule has 0 aliphatic carbocycles. The number of rotatable bonds is 8. The van der Waals surface area contributed by atoms with Crippen molar-refractivity contribution in [3.63, 3.8) is 0 Å². The number of hydrogen-bond donors (Lipinski definition) is 2. The van der Waals surface area contributed by atoms with Crippen LogP contribution >= 0.6 is 0 Å². The number of aromatic nitrogens is 1. The molecule has 2 N–H and O–H groups in total. The third-order valence-electron chi connectivity index (χ3n) is 5.80. The van der Waals surface area contributed by atoms with E-state index in [-0.39, 0.29) is 23.3 Å². The van der Waals surface area contributed by atoms with Crippen LogP contribution in [0.25, 0.3) is 10.9 Å². The standard InChI is InChI=1S/C26H27N3O3S/c1-19-12-14-21(15-13-19)33(31,32)29(2)18-26(30)28-16-23(20-8-4-3-5-9-20)24-17-27-25-11-7-6-10-22(24)25/h3-15,17,23,27H,16,18H2,1-2H3,(H,28,30). The van der Waals surface area contributed by atoms with Gasteiger partial charge in [0.1, 0.15) is 0 Å². The van der Waals surface area contributed by atoms with Crippen LogP contribution in [0.1, 0.15) is 22.6 Å². The second kappa shape index (κ2) is 9.60. The first-order valence-electron chi connectivity index (χ1n) is 10.8. The van der Waals surface area contributed by atoms with Gasteiger partial charge < -0.3 is 10.3 Å². The van der Waals surface area contributed by atoms with E-state index in [1.54, 1.807) is 24.3 Å². The maximum Gasteiger partial charge on any atom is 0.243 e. The number of benzene rings is 3. The maximum absolute atomic E-state index is 12.8. The molecule has 4 rings (SSSR count). The molecule has 0 saturated heterocycles. The number of para-hydroxylation sites is 1. The fourth-order valence-electron chi connectivity index (χ4n) is 3.92. The lowest BCUT2D eigenvalue weighted by atomic mass is 9.91. The molecule has 0 aliphatic heterocycles. The molecule has 3 aromatic carbocycles. The number of fused-ring (bicyclic) bond motifs is 1. The van der Waals surface area contributed by atoms with Gasteiger partial charge in [0.15, 0.2) is 0 Å². The van der Waals surface area contributed by atoms with Gasteiger partial charge >= 0.3 is 0 Å². The second-order valence-electron chi connectivity index (χ2n) is 8.13. The Hall–Kier alpha value is -3.42. The minimum atomic E-state index is -3.75. The van der Waals surface area contributed by atoms with Crippen LogP contribution in [-0.4, -0.2) is 43.8 Å². The number of nitrogens with one attached hydrogen (secondary N) is 2. The summed E-state index contributed by atoms with van der Waals surface area (Å²) >= 11 is 0. The van der Waals surface area contributed by atoms with E-state index in [0.717, 1.165) is 31.9 Å². The lowest BCUT2D eigenvalue weighted by Gasteiger charge is -2.20. The predicted octanol–water partition coefficient (Wildman–Crippen LogP) is 4.05. The largest absolute Gasteiger partial charge is 0.361 e. The number of aromatic amines is 1. The quantitative estimate of drug-likeness (QED) is 0.415. The monoisotopic (exact) mass is 461 g/mol. The van der Waals surface area contributed by atoms with Gasteiger partial charge in [-0.1, -0.05) is 66.2 Å². The van der Waals surface area contributed by atoms with Gasteiger partial charge in [0, 0.05) is 36.6 Å². The molecule has 0 aliphatic rings. The van der Waals surface area contributed by atoms with Crippen molar-refractivity contribution < 1.29 is 13.2 Å². The molecule has 1 unspecified atom stereocenters. The molecule has 0 bridgehead atoms. The zero-order chi connectivity index (χ0) is 23.4. The van der Waals surface area contributed by atoms with Gasteiger partial charge in [-0.2, -0.15) is 4.31 Å². The Morgan fingerprint density at radius 3 is 2.36 bits per heavy atom. The molecule has 1 atom stereocenters. The highest BCUT2D eigenvalue weighted by atomic mass is 32.2. The third kappa shape index (κ3) is 4.99. The molecule has 33 heavy (non-hydrogen) atoms. The molecule has 0 spiro atoms. The number of sulfonamides is 1. The molecule has 1 heterocycles. The van der Waals surface area contributed by atoms with Gasteiger partial charge in [-0.25, -0.2) is 8.42 Å². The van der Waals surface area contributed by atoms with Crippen LogP contribution in [0.3, 0.4) is 0 Å². The van der Waals surface area contributed by atoms with E-state index < -0.39 is 10.0 Å². The number of hydrogen-bond acceptors (Lipinski definition) is 3. The Labute approximate surface area is 194 Å². The van der Waals surface area contributed by atoms with Gasteiger partial charge in [0.25, 0.3) is 0 Å². The Morgan fingerprint density at radius 2 is 1.64 bits per heavy atom. The molecule has 170 valence electrons. The fourth-order valence-corrected chi connectivity index (χ4v) is 5.05. The minimum absolute atomic E-state index is 0.0784. The van der Waals surface area contributed by atoms with Crippen molar-refractivity contribution in [2.24, 2.45) is 0 Å². The van der Waals surface area contributed by atoms with Crippen molar-refractivity contribution >= 4 is 26.8 Å². The number of carbonyl (C=O) groups is 1. The van der Waals surface area contributed by atoms with E-state index in [4.69, 9.17) is 0 Å². The molecular weight excluding hydrogens is 434 g/mol. The predicted molar refractivity (Wildman–Crippen MR) is 131 cm³/mol. The highest BCUT2D eigenvalue weighted by molar-refractivity contribution is 7.89. The third-order valence-corrected chi connectivity index (χ3v) is 7.62. The number of carbonyl (C=O) groups excluding carboxylic acids is 1. The van der Waals surface area contributed by atoms with E-state index in [1.165, 1.54) is 7.05 Å². The molecule has 0 saturated carbocycles. The fraction of sp³-hybridized carbons (Fsp3) is 0.192. The average Bonchev–Trinajstić information content (AvgIpc) is 3.24. The van der Waals surface area contributed by atoms with E-state index >= 15 is 0 Å². The van der Waals surface area contributed by atoms with Crippen LogP contribution in [0, 0.1) is 6.92 Å². The van der Waals surface area contributed by atoms with E-state index in [2.05, 4.69) is 16.4 Å². The zero-order valence-electron chi connectivity index (χ0n) is 18.7. The van der Waals surface area contributed by atoms with Crippen molar-refractivity contribution in [1.82, 2.24) is 14.6 Å². The van der Waals surface area contributed by atoms with E-state index in [0.29, 0.717) is 6.54 Å². The molecule has 6 nitrogen and oxygen atoms in total. The zero-order valence-corrected chi connectivity index (χ0v) is 19.5. The maximum atomic E-state index is 12.8. The van der Waals surface area contributed by atoms with Crippen LogP contribution < -0.4 is 5.32 Å². The normalized spacial score (nSPS) is 12.7. The molecule has 1 amide bonds. The minimum Gasteiger partial charge on any atom is -0.361 e. The first-order valence-corrected chi connectivity index (χ1v) is 12.2. The summed E-state index contributed by atoms with van der Waals surface area (Å²) in [5.41, 5.74) is 4.16. The second-order valence-corrected chi connectivity index (χ2v) is 10.2. The van der Waals surface area contributed by atoms with Crippen LogP contribution in [0.4, 0.5) is 0 Å². The lowest BCUT2D eigenvalue weighted by molar-refractivity contribution is -0.121. The SMILES string of the molecule is Cc1ccc(S(=O)(=O)N(C)CC(=O)NCC(c2ccccc2)c2c[nH]c3ccccc23)cc1. The van der Waals surface area contributed by atoms with Gasteiger partial charge in [0.05, 0.1) is 11.4 Å². The Balaban J connectivity index is 1.50. The van der Waals surface area contributed by atoms with Crippen LogP contribution in [0.5, 0.6) is 0 Å². The van der Waals surface area contributed by atoms with Crippen LogP contribution in [0.2, 0.25) is 0 Å². The van der Waals surface area contributed by atoms with E-state index in [9.17, 15) is 13.2 Å². The van der Waals surface area contributed by atoms with Crippen molar-refractivity contribution in [3.8, 4) is 0 Å². The van der Waals surface area contributed by atoms with Crippen LogP contribution in [-0.2, 0) is 14.8 Å². The summed E-state index contributed by atoms with van der Waals surface area (Å²) in [5, 5.41) is 4.04. The first kappa shape index (κ1) is 22.8. The van der Waals surface area contributed by atoms with Gasteiger partial charge in [0.2, 0.25) is 15.9 Å². The van der Waals surface area contributed by atoms with Gasteiger partial charge in [-0.15, -0.1) is 0 Å². The number of amides is 1. The average molecular weight is 462 g/mol. The highest BCUT2D eigenvalue weighted by Gasteiger charge is 2.24. The molecule has 1 aromatic heterocycles. The summed E-state index contributed by atoms with van der Waals surface area (Å²) in [7, 11) is -2.33. The highest BCUT2D eigenvalue weighted by Crippen LogP contribution is 2.30. The summed E-state index contributed by atoms with van der Waals surface area (Å²) in [6.45, 7) is 1.99. The summed E-state index contributed by atoms with van der Waals surface area (Å²) in [4.78, 5) is 16.2. The van der Waals surface area contributed by atoms with Crippen molar-refractivity contribution in [2.75, 3.05) is 20.1 Å². The number of H-pyrrole nitrogens is 1. The lowest BCUT2D eigenvalue weighted by Crippen LogP contribution is -2.39. The summed E-state index contributed by atoms with van der Waals surface area (Å²) in [6.07, 6.45) is 1.97. The Morgan fingerprint density at radius 1 is 0.970 bits per heavy atom. The van der Waals surface area contributed by atoms with Crippen molar-refractivity contribution in [2.45, 2.75) is 17.7 Å². The van der Waals surface area contributed by atoms with Crippen molar-refractivity contribution in [1.29, 1.82) is 0 Å². The number of aryl methyl sites for hydroxylation is 1. The Bertz CT molecular complexity index is 1350. The molecular formula is C26H27N3O3S. The smallest absolute Gasteiger partial charge is 0.243 e. The van der Waals surface area contributed by atoms with Crippen LogP contribution in [0.15, 0.2) is 90.0 Å². The number of nitrogens with zero attached hydrogens (tertiary/aromatic N) is 1. The van der Waals surface area contributed by atoms with Gasteiger partial charge in [-0.3, -0.25) is 4.79 Å². The molecule has 0 fully saturated rings. The summed E-state index contributed by atoms with van der Waals surface area (Å²) in [5.74, 6) is -0.431. The van der Waals surface area contributed by atoms with E-state index in [1.807, 2.05) is 61.7 Å². The topological polar surface area (TPSA) is 82.3 Å². The summed E-state index contributed by atoms with van der Waals surface area (Å²) < 4.78 is 26.7. The van der Waals surface area contributed by atoms with Crippen molar-refractivity contribution in [3.05, 3.63) is 102 Å². The Kier molecular flexibility index (Phi) is 6.62.